The normalized spacial score (nSPS) is 14.7. The van der Waals surface area contributed by atoms with Gasteiger partial charge in [0.1, 0.15) is 10.7 Å². The van der Waals surface area contributed by atoms with E-state index in [1.54, 1.807) is 12.1 Å². The molecule has 0 unspecified atom stereocenters. The molecule has 0 aliphatic carbocycles. The molecule has 10 nitrogen and oxygen atoms in total. The predicted octanol–water partition coefficient (Wildman–Crippen LogP) is 4.15. The monoisotopic (exact) mass is 617 g/mol. The Labute approximate surface area is 234 Å². The van der Waals surface area contributed by atoms with Crippen LogP contribution in [-0.2, 0) is 29.5 Å². The van der Waals surface area contributed by atoms with Crippen molar-refractivity contribution in [3.05, 3.63) is 70.3 Å². The van der Waals surface area contributed by atoms with E-state index in [4.69, 9.17) is 32.7 Å². The lowest BCUT2D eigenvalue weighted by atomic mass is 10.3. The predicted molar refractivity (Wildman–Crippen MR) is 143 cm³/mol. The van der Waals surface area contributed by atoms with Gasteiger partial charge in [-0.2, -0.15) is 4.31 Å². The zero-order valence-electron chi connectivity index (χ0n) is 19.8. The van der Waals surface area contributed by atoms with Crippen molar-refractivity contribution in [1.29, 1.82) is 0 Å². The third-order valence-electron chi connectivity index (χ3n) is 5.32. The van der Waals surface area contributed by atoms with Crippen molar-refractivity contribution in [3.63, 3.8) is 0 Å². The second-order valence-corrected chi connectivity index (χ2v) is 13.4. The maximum Gasteiger partial charge on any atom is 0.357 e. The van der Waals surface area contributed by atoms with Gasteiger partial charge in [0.15, 0.2) is 5.69 Å². The molecule has 15 heteroatoms. The number of hydrogen-bond donors (Lipinski definition) is 1. The minimum atomic E-state index is -4.14. The summed E-state index contributed by atoms with van der Waals surface area (Å²) in [7, 11) is -6.62. The van der Waals surface area contributed by atoms with Crippen LogP contribution in [0.25, 0.3) is 0 Å². The van der Waals surface area contributed by atoms with Gasteiger partial charge in [-0.1, -0.05) is 35.0 Å². The van der Waals surface area contributed by atoms with Gasteiger partial charge in [-0.05, 0) is 54.6 Å². The van der Waals surface area contributed by atoms with Gasteiger partial charge >= 0.3 is 5.97 Å². The summed E-state index contributed by atoms with van der Waals surface area (Å²) in [6.07, 6.45) is 0. The highest BCUT2D eigenvalue weighted by Crippen LogP contribution is 2.33. The Kier molecular flexibility index (Phi) is 8.87. The van der Waals surface area contributed by atoms with E-state index in [2.05, 4.69) is 9.71 Å². The van der Waals surface area contributed by atoms with Gasteiger partial charge in [0.05, 0.1) is 30.2 Å². The topological polar surface area (TPSA) is 132 Å². The second-order valence-electron chi connectivity index (χ2n) is 7.80. The summed E-state index contributed by atoms with van der Waals surface area (Å²) in [5.74, 6) is -0.919. The number of hydrogen-bond acceptors (Lipinski definition) is 9. The number of carbonyl (C=O) groups excluding carboxylic acids is 1. The second kappa shape index (κ2) is 11.8. The number of anilines is 1. The van der Waals surface area contributed by atoms with Crippen molar-refractivity contribution < 1.29 is 31.1 Å². The van der Waals surface area contributed by atoms with Crippen molar-refractivity contribution in [1.82, 2.24) is 9.29 Å². The highest BCUT2D eigenvalue weighted by Gasteiger charge is 2.26. The zero-order chi connectivity index (χ0) is 27.5. The number of esters is 1. The van der Waals surface area contributed by atoms with Gasteiger partial charge in [-0.3, -0.25) is 4.72 Å². The summed E-state index contributed by atoms with van der Waals surface area (Å²) in [4.78, 5) is 17.5. The average molecular weight is 619 g/mol. The van der Waals surface area contributed by atoms with Crippen molar-refractivity contribution in [3.8, 4) is 0 Å². The number of pyridine rings is 1. The number of nitrogens with one attached hydrogen (secondary N) is 1. The molecule has 1 aliphatic heterocycles. The number of sulfonamides is 2. The summed E-state index contributed by atoms with van der Waals surface area (Å²) in [6, 6.07) is 13.0. The van der Waals surface area contributed by atoms with Crippen molar-refractivity contribution in [2.24, 2.45) is 0 Å². The molecule has 38 heavy (non-hydrogen) atoms. The van der Waals surface area contributed by atoms with Crippen LogP contribution in [0.3, 0.4) is 0 Å². The van der Waals surface area contributed by atoms with Crippen LogP contribution in [0, 0.1) is 0 Å². The van der Waals surface area contributed by atoms with Crippen LogP contribution in [0.1, 0.15) is 10.5 Å². The molecule has 2 heterocycles. The first-order valence-corrected chi connectivity index (χ1v) is 15.4. The molecule has 4 rings (SSSR count). The lowest BCUT2D eigenvalue weighted by Crippen LogP contribution is -2.40. The maximum atomic E-state index is 12.9. The molecule has 0 atom stereocenters. The Morgan fingerprint density at radius 3 is 2.34 bits per heavy atom. The summed E-state index contributed by atoms with van der Waals surface area (Å²) < 4.78 is 65.1. The smallest absolute Gasteiger partial charge is 0.357 e. The molecule has 1 aliphatic rings. The van der Waals surface area contributed by atoms with E-state index in [-0.39, 0.29) is 44.4 Å². The Morgan fingerprint density at radius 2 is 1.71 bits per heavy atom. The first-order valence-electron chi connectivity index (χ1n) is 10.9. The Hall–Kier alpha value is -2.39. The lowest BCUT2D eigenvalue weighted by Gasteiger charge is -2.26. The SMILES string of the molecule is COC(=O)c1nc(NS(=O)(=O)c2ccc(Cl)cc2Cl)ccc1Sc1ccc(S(=O)(=O)N2CCOCC2)cc1. The number of nitrogens with zero attached hydrogens (tertiary/aromatic N) is 2. The standard InChI is InChI=1S/C23H21Cl2N3O7S3/c1-34-23(29)22-19(7-9-21(26-22)27-37(30,31)20-8-2-15(24)14-18(20)25)36-16-3-5-17(6-4-16)38(32,33)28-10-12-35-13-11-28/h2-9,14H,10-13H2,1H3,(H,26,27). The Bertz CT molecular complexity index is 1560. The number of aromatic nitrogens is 1. The maximum absolute atomic E-state index is 12.9. The van der Waals surface area contributed by atoms with E-state index in [9.17, 15) is 21.6 Å². The van der Waals surface area contributed by atoms with Crippen LogP contribution in [0.4, 0.5) is 5.82 Å². The molecule has 0 bridgehead atoms. The van der Waals surface area contributed by atoms with Gasteiger partial charge < -0.3 is 9.47 Å². The number of ether oxygens (including phenoxy) is 2. The molecule has 3 aromatic rings. The third-order valence-corrected chi connectivity index (χ3v) is 10.4. The molecule has 2 aromatic carbocycles. The van der Waals surface area contributed by atoms with Crippen LogP contribution in [0.2, 0.25) is 10.0 Å². The third kappa shape index (κ3) is 6.42. The zero-order valence-corrected chi connectivity index (χ0v) is 23.7. The fraction of sp³-hybridized carbons (Fsp3) is 0.217. The molecule has 1 N–H and O–H groups in total. The highest BCUT2D eigenvalue weighted by atomic mass is 35.5. The molecule has 0 amide bonds. The number of benzene rings is 2. The summed E-state index contributed by atoms with van der Waals surface area (Å²) in [6.45, 7) is 1.26. The summed E-state index contributed by atoms with van der Waals surface area (Å²) in [5.41, 5.74) is -0.134. The van der Waals surface area contributed by atoms with E-state index in [0.29, 0.717) is 23.0 Å². The quantitative estimate of drug-likeness (QED) is 0.370. The van der Waals surface area contributed by atoms with Crippen LogP contribution in [-0.4, -0.2) is 65.5 Å². The number of halogens is 2. The van der Waals surface area contributed by atoms with Crippen molar-refractivity contribution in [2.45, 2.75) is 19.6 Å². The molecule has 0 saturated carbocycles. The van der Waals surface area contributed by atoms with Crippen LogP contribution in [0.15, 0.2) is 74.2 Å². The Morgan fingerprint density at radius 1 is 1.03 bits per heavy atom. The highest BCUT2D eigenvalue weighted by molar-refractivity contribution is 7.99. The lowest BCUT2D eigenvalue weighted by molar-refractivity contribution is 0.0590. The molecular formula is C23H21Cl2N3O7S3. The molecule has 1 fully saturated rings. The Balaban J connectivity index is 1.57. The van der Waals surface area contributed by atoms with E-state index in [1.807, 2.05) is 0 Å². The number of rotatable bonds is 8. The minimum Gasteiger partial charge on any atom is -0.464 e. The van der Waals surface area contributed by atoms with Gasteiger partial charge in [-0.15, -0.1) is 0 Å². The van der Waals surface area contributed by atoms with Crippen molar-refractivity contribution in [2.75, 3.05) is 38.1 Å². The molecule has 1 saturated heterocycles. The summed E-state index contributed by atoms with van der Waals surface area (Å²) in [5, 5.41) is 0.192. The van der Waals surface area contributed by atoms with Gasteiger partial charge in [0, 0.05) is 27.9 Å². The fourth-order valence-electron chi connectivity index (χ4n) is 3.46. The number of morpholine rings is 1. The summed E-state index contributed by atoms with van der Waals surface area (Å²) >= 11 is 13.0. The average Bonchev–Trinajstić information content (AvgIpc) is 2.89. The number of methoxy groups -OCH3 is 1. The largest absolute Gasteiger partial charge is 0.464 e. The molecule has 0 radical (unpaired) electrons. The van der Waals surface area contributed by atoms with Crippen LogP contribution < -0.4 is 4.72 Å². The first kappa shape index (κ1) is 28.6. The molecular weight excluding hydrogens is 597 g/mol. The van der Waals surface area contributed by atoms with Gasteiger partial charge in [0.25, 0.3) is 10.0 Å². The van der Waals surface area contributed by atoms with E-state index >= 15 is 0 Å². The number of carbonyl (C=O) groups is 1. The van der Waals surface area contributed by atoms with Crippen molar-refractivity contribution >= 4 is 66.8 Å². The van der Waals surface area contributed by atoms with E-state index in [0.717, 1.165) is 11.8 Å². The van der Waals surface area contributed by atoms with Gasteiger partial charge in [0.2, 0.25) is 10.0 Å². The van der Waals surface area contributed by atoms with E-state index < -0.39 is 26.0 Å². The van der Waals surface area contributed by atoms with Crippen LogP contribution in [0.5, 0.6) is 0 Å². The molecule has 202 valence electrons. The van der Waals surface area contributed by atoms with E-state index in [1.165, 1.54) is 53.9 Å². The minimum absolute atomic E-state index is 0.0792. The first-order chi connectivity index (χ1) is 18.0. The molecule has 0 spiro atoms. The fourth-order valence-corrected chi connectivity index (χ4v) is 7.53. The van der Waals surface area contributed by atoms with Crippen LogP contribution >= 0.6 is 35.0 Å². The molecule has 1 aromatic heterocycles. The van der Waals surface area contributed by atoms with Gasteiger partial charge in [-0.25, -0.2) is 26.6 Å².